The average molecular weight is 226 g/mol. The number of aliphatic hydroxyl groups excluding tert-OH is 1. The number of carbonyl (C=O) groups is 2. The largest absolute Gasteiger partial charge is 0.479 e. The van der Waals surface area contributed by atoms with Crippen LogP contribution in [0.15, 0.2) is 18.2 Å². The van der Waals surface area contributed by atoms with Crippen molar-refractivity contribution in [1.82, 2.24) is 0 Å². The summed E-state index contributed by atoms with van der Waals surface area (Å²) in [6.45, 7) is 1.37. The number of rotatable bonds is 4. The van der Waals surface area contributed by atoms with Crippen LogP contribution in [-0.4, -0.2) is 22.0 Å². The molecule has 0 aliphatic heterocycles. The van der Waals surface area contributed by atoms with Gasteiger partial charge in [0.25, 0.3) is 0 Å². The van der Waals surface area contributed by atoms with Crippen molar-refractivity contribution < 1.29 is 24.2 Å². The maximum atomic E-state index is 13.2. The number of carboxylic acid groups (broad SMARTS) is 1. The molecule has 0 aromatic heterocycles. The number of hydrogen-bond donors (Lipinski definition) is 2. The summed E-state index contributed by atoms with van der Waals surface area (Å²) in [6, 6.07) is 3.62. The SMILES string of the molecule is CC(=O)Cc1ccc(F)c(C(O)C(=O)O)c1. The second-order valence-electron chi connectivity index (χ2n) is 3.48. The molecule has 86 valence electrons. The van der Waals surface area contributed by atoms with Gasteiger partial charge in [-0.1, -0.05) is 6.07 Å². The monoisotopic (exact) mass is 226 g/mol. The number of ketones is 1. The summed E-state index contributed by atoms with van der Waals surface area (Å²) in [4.78, 5) is 21.3. The number of hydrogen-bond acceptors (Lipinski definition) is 3. The minimum absolute atomic E-state index is 0.0830. The Morgan fingerprint density at radius 3 is 2.56 bits per heavy atom. The normalized spacial score (nSPS) is 12.2. The molecule has 2 N–H and O–H groups in total. The second kappa shape index (κ2) is 4.85. The third-order valence-corrected chi connectivity index (χ3v) is 2.04. The number of carbonyl (C=O) groups excluding carboxylic acids is 1. The number of halogens is 1. The molecule has 0 saturated carbocycles. The Hall–Kier alpha value is -1.75. The van der Waals surface area contributed by atoms with Gasteiger partial charge in [-0.3, -0.25) is 4.79 Å². The van der Waals surface area contributed by atoms with E-state index in [0.29, 0.717) is 5.56 Å². The first-order chi connectivity index (χ1) is 7.41. The van der Waals surface area contributed by atoms with Gasteiger partial charge in [0.15, 0.2) is 6.10 Å². The van der Waals surface area contributed by atoms with Crippen molar-refractivity contribution in [3.8, 4) is 0 Å². The summed E-state index contributed by atoms with van der Waals surface area (Å²) in [5, 5.41) is 17.8. The molecule has 0 fully saturated rings. The van der Waals surface area contributed by atoms with Gasteiger partial charge in [-0.25, -0.2) is 9.18 Å². The van der Waals surface area contributed by atoms with Crippen molar-refractivity contribution in [2.45, 2.75) is 19.4 Å². The number of aliphatic carboxylic acids is 1. The van der Waals surface area contributed by atoms with E-state index in [4.69, 9.17) is 5.11 Å². The van der Waals surface area contributed by atoms with Gasteiger partial charge in [0.1, 0.15) is 11.6 Å². The molecular formula is C11H11FO4. The predicted octanol–water partition coefficient (Wildman–Crippen LogP) is 1.08. The van der Waals surface area contributed by atoms with Crippen LogP contribution in [0.3, 0.4) is 0 Å². The average Bonchev–Trinajstić information content (AvgIpc) is 2.19. The van der Waals surface area contributed by atoms with Crippen LogP contribution in [0.2, 0.25) is 0 Å². The number of carboxylic acids is 1. The highest BCUT2D eigenvalue weighted by Crippen LogP contribution is 2.19. The minimum Gasteiger partial charge on any atom is -0.479 e. The quantitative estimate of drug-likeness (QED) is 0.805. The van der Waals surface area contributed by atoms with Crippen LogP contribution in [0.4, 0.5) is 4.39 Å². The maximum Gasteiger partial charge on any atom is 0.337 e. The Balaban J connectivity index is 3.08. The lowest BCUT2D eigenvalue weighted by Gasteiger charge is -2.08. The Morgan fingerprint density at radius 1 is 1.44 bits per heavy atom. The van der Waals surface area contributed by atoms with Crippen LogP contribution in [0.25, 0.3) is 0 Å². The molecular weight excluding hydrogens is 215 g/mol. The molecule has 16 heavy (non-hydrogen) atoms. The Morgan fingerprint density at radius 2 is 2.06 bits per heavy atom. The molecule has 0 aliphatic rings. The molecule has 1 rings (SSSR count). The van der Waals surface area contributed by atoms with E-state index in [0.717, 1.165) is 6.07 Å². The van der Waals surface area contributed by atoms with Gasteiger partial charge >= 0.3 is 5.97 Å². The fraction of sp³-hybridized carbons (Fsp3) is 0.273. The maximum absolute atomic E-state index is 13.2. The van der Waals surface area contributed by atoms with E-state index in [9.17, 15) is 19.1 Å². The first-order valence-corrected chi connectivity index (χ1v) is 4.60. The lowest BCUT2D eigenvalue weighted by atomic mass is 10.0. The van der Waals surface area contributed by atoms with E-state index in [2.05, 4.69) is 0 Å². The first-order valence-electron chi connectivity index (χ1n) is 4.60. The van der Waals surface area contributed by atoms with Gasteiger partial charge < -0.3 is 10.2 Å². The van der Waals surface area contributed by atoms with Crippen molar-refractivity contribution in [3.63, 3.8) is 0 Å². The lowest BCUT2D eigenvalue weighted by molar-refractivity contribution is -0.147. The van der Waals surface area contributed by atoms with Crippen molar-refractivity contribution in [2.75, 3.05) is 0 Å². The highest BCUT2D eigenvalue weighted by Gasteiger charge is 2.20. The Bertz CT molecular complexity index is 428. The highest BCUT2D eigenvalue weighted by molar-refractivity contribution is 5.78. The van der Waals surface area contributed by atoms with E-state index in [-0.39, 0.29) is 17.8 Å². The van der Waals surface area contributed by atoms with Crippen molar-refractivity contribution >= 4 is 11.8 Å². The zero-order valence-electron chi connectivity index (χ0n) is 8.61. The predicted molar refractivity (Wildman–Crippen MR) is 53.4 cm³/mol. The molecule has 4 nitrogen and oxygen atoms in total. The zero-order chi connectivity index (χ0) is 12.3. The van der Waals surface area contributed by atoms with E-state index >= 15 is 0 Å². The molecule has 0 spiro atoms. The zero-order valence-corrected chi connectivity index (χ0v) is 8.61. The van der Waals surface area contributed by atoms with Crippen LogP contribution in [0.5, 0.6) is 0 Å². The van der Waals surface area contributed by atoms with Crippen LogP contribution in [-0.2, 0) is 16.0 Å². The van der Waals surface area contributed by atoms with Crippen LogP contribution in [0, 0.1) is 5.82 Å². The first kappa shape index (κ1) is 12.3. The summed E-state index contributed by atoms with van der Waals surface area (Å²) in [5.74, 6) is -2.46. The Kier molecular flexibility index (Phi) is 3.73. The smallest absolute Gasteiger partial charge is 0.337 e. The fourth-order valence-electron chi connectivity index (χ4n) is 1.33. The van der Waals surface area contributed by atoms with Crippen LogP contribution in [0.1, 0.15) is 24.2 Å². The number of benzene rings is 1. The van der Waals surface area contributed by atoms with Gasteiger partial charge in [0.2, 0.25) is 0 Å². The molecule has 0 amide bonds. The molecule has 1 unspecified atom stereocenters. The molecule has 0 saturated heterocycles. The number of aliphatic hydroxyl groups is 1. The molecule has 0 bridgehead atoms. The van der Waals surface area contributed by atoms with Gasteiger partial charge in [-0.15, -0.1) is 0 Å². The molecule has 5 heteroatoms. The van der Waals surface area contributed by atoms with Gasteiger partial charge in [0.05, 0.1) is 0 Å². The van der Waals surface area contributed by atoms with Crippen LogP contribution < -0.4 is 0 Å². The summed E-state index contributed by atoms with van der Waals surface area (Å²) in [7, 11) is 0. The summed E-state index contributed by atoms with van der Waals surface area (Å²) >= 11 is 0. The number of Topliss-reactive ketones (excluding diaryl/α,β-unsaturated/α-hetero) is 1. The van der Waals surface area contributed by atoms with E-state index < -0.39 is 17.9 Å². The van der Waals surface area contributed by atoms with Gasteiger partial charge in [-0.2, -0.15) is 0 Å². The third-order valence-electron chi connectivity index (χ3n) is 2.04. The van der Waals surface area contributed by atoms with E-state index in [1.165, 1.54) is 19.1 Å². The lowest BCUT2D eigenvalue weighted by Crippen LogP contribution is -2.13. The summed E-state index contributed by atoms with van der Waals surface area (Å²) in [5.41, 5.74) is 0.149. The molecule has 1 aromatic rings. The molecule has 1 atom stereocenters. The van der Waals surface area contributed by atoms with Gasteiger partial charge in [0, 0.05) is 12.0 Å². The topological polar surface area (TPSA) is 74.6 Å². The highest BCUT2D eigenvalue weighted by atomic mass is 19.1. The molecule has 0 aliphatic carbocycles. The van der Waals surface area contributed by atoms with Crippen molar-refractivity contribution in [1.29, 1.82) is 0 Å². The minimum atomic E-state index is -1.91. The van der Waals surface area contributed by atoms with E-state index in [1.54, 1.807) is 0 Å². The van der Waals surface area contributed by atoms with Crippen molar-refractivity contribution in [2.24, 2.45) is 0 Å². The third kappa shape index (κ3) is 2.87. The molecule has 1 aromatic carbocycles. The van der Waals surface area contributed by atoms with Crippen LogP contribution >= 0.6 is 0 Å². The summed E-state index contributed by atoms with van der Waals surface area (Å²) in [6.07, 6.45) is -1.83. The molecule has 0 heterocycles. The summed E-state index contributed by atoms with van der Waals surface area (Å²) < 4.78 is 13.2. The second-order valence-corrected chi connectivity index (χ2v) is 3.48. The van der Waals surface area contributed by atoms with E-state index in [1.807, 2.05) is 0 Å². The standard InChI is InChI=1S/C11H11FO4/c1-6(13)4-7-2-3-9(12)8(5-7)10(14)11(15)16/h2-3,5,10,14H,4H2,1H3,(H,15,16). The Labute approximate surface area is 91.3 Å². The van der Waals surface area contributed by atoms with Crippen molar-refractivity contribution in [3.05, 3.63) is 35.1 Å². The van der Waals surface area contributed by atoms with Gasteiger partial charge in [-0.05, 0) is 24.6 Å². The fourth-order valence-corrected chi connectivity index (χ4v) is 1.33. The molecule has 0 radical (unpaired) electrons.